The van der Waals surface area contributed by atoms with E-state index in [1.807, 2.05) is 0 Å². The van der Waals surface area contributed by atoms with Crippen molar-refractivity contribution in [3.63, 3.8) is 0 Å². The van der Waals surface area contributed by atoms with Gasteiger partial charge in [-0.2, -0.15) is 0 Å². The first-order valence-electron chi connectivity index (χ1n) is 4.03. The Morgan fingerprint density at radius 2 is 1.60 bits per heavy atom. The predicted molar refractivity (Wildman–Crippen MR) is 50.2 cm³/mol. The van der Waals surface area contributed by atoms with Crippen molar-refractivity contribution >= 4 is 6.91 Å². The first kappa shape index (κ1) is 10.4. The number of hydrogen-bond acceptors (Lipinski definition) is 0. The van der Waals surface area contributed by atoms with E-state index in [4.69, 9.17) is 0 Å². The van der Waals surface area contributed by atoms with Gasteiger partial charge in [0.2, 0.25) is 0 Å². The molecule has 0 N–H and O–H groups in total. The summed E-state index contributed by atoms with van der Waals surface area (Å²) in [4.78, 5) is 0. The van der Waals surface area contributed by atoms with Crippen LogP contribution >= 0.6 is 6.91 Å². The van der Waals surface area contributed by atoms with Crippen molar-refractivity contribution in [2.75, 3.05) is 26.2 Å². The Morgan fingerprint density at radius 3 is 1.90 bits per heavy atom. The molecule has 0 radical (unpaired) electrons. The molecule has 0 nitrogen and oxygen atoms in total. The van der Waals surface area contributed by atoms with Crippen molar-refractivity contribution < 1.29 is 4.20 Å². The monoisotopic (exact) mass is 166 g/mol. The molecule has 0 aromatic heterocycles. The number of unbranched alkanes of at least 4 members (excludes halogenated alkanes) is 2. The van der Waals surface area contributed by atoms with Gasteiger partial charge in [0.05, 0.1) is 0 Å². The molecule has 0 saturated carbocycles. The summed E-state index contributed by atoms with van der Waals surface area (Å²) in [5.41, 5.74) is 0. The topological polar surface area (TPSA) is 0 Å². The Morgan fingerprint density at radius 1 is 1.10 bits per heavy atom. The normalized spacial score (nSPS) is 16.3. The van der Waals surface area contributed by atoms with Gasteiger partial charge >= 0.3 is 63.5 Å². The third-order valence-corrected chi connectivity index (χ3v) is 3.34. The van der Waals surface area contributed by atoms with Gasteiger partial charge in [0.25, 0.3) is 0 Å². The van der Waals surface area contributed by atoms with Gasteiger partial charge in [0.1, 0.15) is 0 Å². The van der Waals surface area contributed by atoms with Crippen molar-refractivity contribution in [2.45, 2.75) is 26.2 Å². The number of halogens is 1. The van der Waals surface area contributed by atoms with Crippen LogP contribution in [0.2, 0.25) is 0 Å². The molecule has 2 heteroatoms. The van der Waals surface area contributed by atoms with Crippen molar-refractivity contribution in [1.29, 1.82) is 0 Å². The molecular weight excluding hydrogens is 146 g/mol. The van der Waals surface area contributed by atoms with E-state index in [0.717, 1.165) is 12.6 Å². The molecule has 0 atom stereocenters. The predicted octanol–water partition coefficient (Wildman–Crippen LogP) is 3.50. The van der Waals surface area contributed by atoms with E-state index < -0.39 is 6.91 Å². The molecule has 0 bridgehead atoms. The molecule has 0 amide bonds. The van der Waals surface area contributed by atoms with Gasteiger partial charge in [-0.1, -0.05) is 0 Å². The number of rotatable bonds is 4. The first-order chi connectivity index (χ1) is 4.31. The van der Waals surface area contributed by atoms with Gasteiger partial charge in [0.15, 0.2) is 0 Å². The van der Waals surface area contributed by atoms with Gasteiger partial charge in [0, 0.05) is 0 Å². The van der Waals surface area contributed by atoms with E-state index >= 15 is 0 Å². The summed E-state index contributed by atoms with van der Waals surface area (Å²) < 4.78 is 13.5. The Labute approximate surface area is 64.3 Å². The zero-order valence-electron chi connectivity index (χ0n) is 7.65. The van der Waals surface area contributed by atoms with Gasteiger partial charge in [-0.15, -0.1) is 0 Å². The second-order valence-electron chi connectivity index (χ2n) is 4.35. The Bertz CT molecular complexity index is 92.3. The standard InChI is InChI=1S/C8H20FP/c1-5-6-7-8-10(2,3,4)9/h5-8H2,1-4H3. The summed E-state index contributed by atoms with van der Waals surface area (Å²) in [6.07, 6.45) is 4.23. The Kier molecular flexibility index (Phi) is 3.29. The summed E-state index contributed by atoms with van der Waals surface area (Å²) in [6.45, 7) is 4.88. The van der Waals surface area contributed by atoms with Gasteiger partial charge in [-0.25, -0.2) is 0 Å². The van der Waals surface area contributed by atoms with Gasteiger partial charge in [-0.3, -0.25) is 0 Å². The molecule has 64 valence electrons. The molecule has 0 rings (SSSR count). The minimum atomic E-state index is -2.65. The molecule has 0 spiro atoms. The van der Waals surface area contributed by atoms with E-state index in [2.05, 4.69) is 6.92 Å². The van der Waals surface area contributed by atoms with Crippen LogP contribution in [-0.2, 0) is 0 Å². The molecule has 0 aromatic rings. The quantitative estimate of drug-likeness (QED) is 0.443. The van der Waals surface area contributed by atoms with E-state index in [0.29, 0.717) is 0 Å². The summed E-state index contributed by atoms with van der Waals surface area (Å²) in [6, 6.07) is 0. The molecule has 0 aliphatic heterocycles. The SMILES string of the molecule is CCCCCP(C)(C)(C)F. The van der Waals surface area contributed by atoms with Crippen LogP contribution in [0.25, 0.3) is 0 Å². The third kappa shape index (κ3) is 8.36. The van der Waals surface area contributed by atoms with Crippen LogP contribution in [0.3, 0.4) is 0 Å². The van der Waals surface area contributed by atoms with Gasteiger partial charge < -0.3 is 0 Å². The van der Waals surface area contributed by atoms with Crippen molar-refractivity contribution in [1.82, 2.24) is 0 Å². The van der Waals surface area contributed by atoms with Crippen LogP contribution in [0.5, 0.6) is 0 Å². The molecule has 0 fully saturated rings. The summed E-state index contributed by atoms with van der Waals surface area (Å²) in [7, 11) is 0. The number of hydrogen-bond donors (Lipinski definition) is 0. The third-order valence-electron chi connectivity index (χ3n) is 1.52. The van der Waals surface area contributed by atoms with Crippen LogP contribution in [0, 0.1) is 0 Å². The summed E-state index contributed by atoms with van der Waals surface area (Å²) >= 11 is 0. The van der Waals surface area contributed by atoms with Crippen molar-refractivity contribution in [3.8, 4) is 0 Å². The summed E-state index contributed by atoms with van der Waals surface area (Å²) in [5, 5.41) is 0. The van der Waals surface area contributed by atoms with E-state index in [-0.39, 0.29) is 0 Å². The first-order valence-corrected chi connectivity index (χ1v) is 7.69. The maximum atomic E-state index is 13.5. The Balaban J connectivity index is 3.49. The fraction of sp³-hybridized carbons (Fsp3) is 1.00. The molecule has 0 aliphatic carbocycles. The molecule has 0 aliphatic rings. The second-order valence-corrected chi connectivity index (χ2v) is 10.6. The van der Waals surface area contributed by atoms with E-state index in [1.165, 1.54) is 12.8 Å². The van der Waals surface area contributed by atoms with Crippen LogP contribution in [-0.4, -0.2) is 26.2 Å². The molecule has 0 saturated heterocycles. The maximum absolute atomic E-state index is 13.5. The van der Waals surface area contributed by atoms with Crippen LogP contribution in [0.15, 0.2) is 0 Å². The average Bonchev–Trinajstić information content (AvgIpc) is 1.61. The zero-order chi connectivity index (χ0) is 8.28. The molecule has 0 heterocycles. The second kappa shape index (κ2) is 3.17. The van der Waals surface area contributed by atoms with Crippen LogP contribution in [0.1, 0.15) is 26.2 Å². The molecular formula is C8H20FP. The van der Waals surface area contributed by atoms with E-state index in [9.17, 15) is 4.20 Å². The summed E-state index contributed by atoms with van der Waals surface area (Å²) in [5.74, 6) is 0. The molecule has 10 heavy (non-hydrogen) atoms. The molecule has 0 aromatic carbocycles. The van der Waals surface area contributed by atoms with Crippen LogP contribution in [0.4, 0.5) is 4.20 Å². The fourth-order valence-corrected chi connectivity index (χ4v) is 2.19. The van der Waals surface area contributed by atoms with Crippen molar-refractivity contribution in [3.05, 3.63) is 0 Å². The fourth-order valence-electron chi connectivity index (χ4n) is 0.896. The average molecular weight is 166 g/mol. The van der Waals surface area contributed by atoms with Crippen LogP contribution < -0.4 is 0 Å². The Hall–Kier alpha value is 0.360. The zero-order valence-corrected chi connectivity index (χ0v) is 8.55. The molecule has 0 unspecified atom stereocenters. The van der Waals surface area contributed by atoms with Gasteiger partial charge in [-0.05, 0) is 0 Å². The van der Waals surface area contributed by atoms with E-state index in [1.54, 1.807) is 20.0 Å². The minimum absolute atomic E-state index is 0.805. The van der Waals surface area contributed by atoms with Crippen molar-refractivity contribution in [2.24, 2.45) is 0 Å².